The number of phenolic OH excluding ortho intramolecular Hbond substituents is 1. The van der Waals surface area contributed by atoms with Crippen LogP contribution in [0.25, 0.3) is 21.8 Å². The van der Waals surface area contributed by atoms with Gasteiger partial charge in [0.05, 0.1) is 33.5 Å². The zero-order chi connectivity index (χ0) is 32.9. The van der Waals surface area contributed by atoms with E-state index in [4.69, 9.17) is 11.7 Å². The molecule has 0 aliphatic heterocycles. The Morgan fingerprint density at radius 1 is 0.644 bits per heavy atom. The van der Waals surface area contributed by atoms with Crippen LogP contribution in [0.4, 0.5) is 11.4 Å². The van der Waals surface area contributed by atoms with Gasteiger partial charge in [-0.15, -0.1) is 0 Å². The molecule has 4 aromatic rings. The number of hydrogen-bond donors (Lipinski definition) is 5. The number of fused-ring (bicyclic) bond motifs is 2. The molecule has 0 radical (unpaired) electrons. The second kappa shape index (κ2) is 17.3. The summed E-state index contributed by atoms with van der Waals surface area (Å²) in [4.78, 5) is 8.69. The highest BCUT2D eigenvalue weighted by Gasteiger charge is 2.31. The van der Waals surface area contributed by atoms with Crippen LogP contribution in [0, 0.1) is 0 Å². The topological polar surface area (TPSA) is 145 Å². The summed E-state index contributed by atoms with van der Waals surface area (Å²) >= 11 is 0. The number of pyridine rings is 2. The van der Waals surface area contributed by atoms with Gasteiger partial charge in [-0.2, -0.15) is 0 Å². The molecule has 0 amide bonds. The van der Waals surface area contributed by atoms with E-state index in [0.717, 1.165) is 66.2 Å². The quantitative estimate of drug-likeness (QED) is 0.0510. The Morgan fingerprint density at radius 3 is 1.64 bits per heavy atom. The van der Waals surface area contributed by atoms with Gasteiger partial charge in [0.15, 0.2) is 0 Å². The SMILES string of the molecule is CCCCCC(C)(CCO)N(N)c1ccnc2cc(O)ccc12.CCCCCC(C)(CCO)N(N)c1ccnc2ccccc12. The minimum absolute atomic E-state index is 0.0974. The number of aliphatic hydroxyl groups excluding tert-OH is 2. The normalized spacial score (nSPS) is 14.0. The van der Waals surface area contributed by atoms with E-state index in [1.807, 2.05) is 47.5 Å². The number of nitrogens with two attached hydrogens (primary N) is 2. The molecule has 0 aliphatic carbocycles. The Hall–Kier alpha value is -3.50. The number of anilines is 2. The molecule has 2 heterocycles. The zero-order valence-electron chi connectivity index (χ0n) is 27.6. The van der Waals surface area contributed by atoms with Crippen LogP contribution in [-0.4, -0.2) is 49.6 Å². The van der Waals surface area contributed by atoms with E-state index < -0.39 is 0 Å². The van der Waals surface area contributed by atoms with Gasteiger partial charge in [-0.25, -0.2) is 11.7 Å². The largest absolute Gasteiger partial charge is 0.508 e. The maximum absolute atomic E-state index is 9.63. The first-order valence-corrected chi connectivity index (χ1v) is 16.4. The molecule has 2 atom stereocenters. The van der Waals surface area contributed by atoms with Gasteiger partial charge in [0.25, 0.3) is 0 Å². The number of rotatable bonds is 16. The fourth-order valence-corrected chi connectivity index (χ4v) is 5.93. The summed E-state index contributed by atoms with van der Waals surface area (Å²) in [5.74, 6) is 13.2. The minimum Gasteiger partial charge on any atom is -0.508 e. The van der Waals surface area contributed by atoms with Crippen LogP contribution in [0.5, 0.6) is 5.75 Å². The summed E-state index contributed by atoms with van der Waals surface area (Å²) in [6.45, 7) is 8.82. The highest BCUT2D eigenvalue weighted by atomic mass is 16.3. The van der Waals surface area contributed by atoms with Crippen LogP contribution in [0.15, 0.2) is 67.0 Å². The highest BCUT2D eigenvalue weighted by Crippen LogP contribution is 2.35. The lowest BCUT2D eigenvalue weighted by atomic mass is 9.89. The van der Waals surface area contributed by atoms with Crippen LogP contribution in [0.1, 0.15) is 91.9 Å². The summed E-state index contributed by atoms with van der Waals surface area (Å²) in [5.41, 5.74) is 2.90. The van der Waals surface area contributed by atoms with Gasteiger partial charge < -0.3 is 25.3 Å². The number of hydrogen-bond acceptors (Lipinski definition) is 9. The number of nitrogens with zero attached hydrogens (tertiary/aromatic N) is 4. The van der Waals surface area contributed by atoms with E-state index in [9.17, 15) is 15.3 Å². The van der Waals surface area contributed by atoms with Crippen molar-refractivity contribution in [2.24, 2.45) is 11.7 Å². The maximum Gasteiger partial charge on any atom is 0.117 e. The third-order valence-electron chi connectivity index (χ3n) is 8.95. The number of aromatic hydroxyl groups is 1. The molecule has 0 bridgehead atoms. The average molecular weight is 619 g/mol. The molecular formula is C36H54N6O3. The molecular weight excluding hydrogens is 564 g/mol. The summed E-state index contributed by atoms with van der Waals surface area (Å²) in [6.07, 6.45) is 13.5. The number of unbranched alkanes of at least 4 members (excludes halogenated alkanes) is 4. The van der Waals surface area contributed by atoms with Crippen LogP contribution < -0.4 is 21.7 Å². The number of aromatic nitrogens is 2. The number of aliphatic hydroxyl groups is 2. The van der Waals surface area contributed by atoms with Gasteiger partial charge in [-0.1, -0.05) is 70.6 Å². The number of hydrazine groups is 2. The molecule has 4 rings (SSSR count). The number of para-hydroxylation sites is 1. The third kappa shape index (κ3) is 9.26. The first kappa shape index (κ1) is 36.0. The van der Waals surface area contributed by atoms with Gasteiger partial charge in [0.1, 0.15) is 5.75 Å². The molecule has 7 N–H and O–H groups in total. The lowest BCUT2D eigenvalue weighted by molar-refractivity contribution is 0.229. The van der Waals surface area contributed by atoms with Crippen molar-refractivity contribution in [2.75, 3.05) is 23.2 Å². The molecule has 2 aromatic carbocycles. The van der Waals surface area contributed by atoms with Crippen molar-refractivity contribution in [1.82, 2.24) is 9.97 Å². The second-order valence-corrected chi connectivity index (χ2v) is 12.5. The summed E-state index contributed by atoms with van der Waals surface area (Å²) in [5, 5.41) is 34.1. The van der Waals surface area contributed by atoms with Crippen molar-refractivity contribution in [2.45, 2.75) is 103 Å². The summed E-state index contributed by atoms with van der Waals surface area (Å²) in [7, 11) is 0. The first-order chi connectivity index (χ1) is 21.6. The molecule has 2 aromatic heterocycles. The first-order valence-electron chi connectivity index (χ1n) is 16.4. The van der Waals surface area contributed by atoms with E-state index in [1.165, 1.54) is 12.8 Å². The molecule has 0 saturated carbocycles. The van der Waals surface area contributed by atoms with Crippen molar-refractivity contribution >= 4 is 33.2 Å². The Bertz CT molecular complexity index is 1460. The Labute approximate surface area is 268 Å². The van der Waals surface area contributed by atoms with Crippen molar-refractivity contribution in [3.05, 3.63) is 67.0 Å². The lowest BCUT2D eigenvalue weighted by Gasteiger charge is -2.40. The van der Waals surface area contributed by atoms with E-state index in [0.29, 0.717) is 18.4 Å². The number of benzene rings is 2. The Kier molecular flexibility index (Phi) is 13.8. The lowest BCUT2D eigenvalue weighted by Crippen LogP contribution is -2.52. The van der Waals surface area contributed by atoms with Crippen LogP contribution in [-0.2, 0) is 0 Å². The van der Waals surface area contributed by atoms with E-state index >= 15 is 0 Å². The van der Waals surface area contributed by atoms with Gasteiger partial charge in [-0.05, 0) is 69.9 Å². The molecule has 0 fully saturated rings. The Balaban J connectivity index is 0.000000246. The molecule has 45 heavy (non-hydrogen) atoms. The second-order valence-electron chi connectivity index (χ2n) is 12.5. The molecule has 246 valence electrons. The molecule has 2 unspecified atom stereocenters. The Morgan fingerprint density at radius 2 is 1.13 bits per heavy atom. The zero-order valence-corrected chi connectivity index (χ0v) is 27.6. The fourth-order valence-electron chi connectivity index (χ4n) is 5.93. The number of phenols is 1. The van der Waals surface area contributed by atoms with E-state index in [2.05, 4.69) is 37.7 Å². The van der Waals surface area contributed by atoms with Crippen LogP contribution in [0.3, 0.4) is 0 Å². The highest BCUT2D eigenvalue weighted by molar-refractivity contribution is 5.92. The molecule has 9 nitrogen and oxygen atoms in total. The minimum atomic E-state index is -0.323. The van der Waals surface area contributed by atoms with Crippen molar-refractivity contribution in [3.8, 4) is 5.75 Å². The molecule has 0 saturated heterocycles. The van der Waals surface area contributed by atoms with Gasteiger partial charge >= 0.3 is 0 Å². The summed E-state index contributed by atoms with van der Waals surface area (Å²) in [6, 6.07) is 17.0. The molecule has 9 heteroatoms. The third-order valence-corrected chi connectivity index (χ3v) is 8.95. The predicted molar refractivity (Wildman–Crippen MR) is 187 cm³/mol. The van der Waals surface area contributed by atoms with Crippen molar-refractivity contribution < 1.29 is 15.3 Å². The predicted octanol–water partition coefficient (Wildman–Crippen LogP) is 6.98. The van der Waals surface area contributed by atoms with Crippen LogP contribution >= 0.6 is 0 Å². The average Bonchev–Trinajstić information content (AvgIpc) is 3.04. The smallest absolute Gasteiger partial charge is 0.117 e. The molecule has 0 spiro atoms. The van der Waals surface area contributed by atoms with Crippen molar-refractivity contribution in [1.29, 1.82) is 0 Å². The molecule has 0 aliphatic rings. The van der Waals surface area contributed by atoms with E-state index in [-0.39, 0.29) is 30.0 Å². The van der Waals surface area contributed by atoms with Gasteiger partial charge in [-0.3, -0.25) is 9.97 Å². The standard InChI is InChI=1S/C18H27N3O2.C18H27N3O/c1-3-4-5-9-18(2,10-12-22)21(19)17-8-11-20-16-13-14(23)6-7-15(16)17;1-3-4-7-11-18(2,12-14-22)21(19)17-10-13-20-16-9-6-5-8-15(16)17/h6-8,11,13,22-23H,3-5,9-10,12,19H2,1-2H3;5-6,8-10,13,22H,3-4,7,11-12,14,19H2,1-2H3. The van der Waals surface area contributed by atoms with Crippen LogP contribution in [0.2, 0.25) is 0 Å². The van der Waals surface area contributed by atoms with Gasteiger partial charge in [0, 0.05) is 42.4 Å². The summed E-state index contributed by atoms with van der Waals surface area (Å²) < 4.78 is 0. The van der Waals surface area contributed by atoms with Gasteiger partial charge in [0.2, 0.25) is 0 Å². The van der Waals surface area contributed by atoms with Crippen molar-refractivity contribution in [3.63, 3.8) is 0 Å². The fraction of sp³-hybridized carbons (Fsp3) is 0.500. The monoisotopic (exact) mass is 618 g/mol. The maximum atomic E-state index is 9.63. The van der Waals surface area contributed by atoms with E-state index in [1.54, 1.807) is 29.5 Å².